The van der Waals surface area contributed by atoms with Gasteiger partial charge in [0.15, 0.2) is 0 Å². The standard InChI is InChI=1S/C10H20N2O2/c1-3-14-10(13)7-12-5-4-9(11)6-8(12)2/h8-9H,3-7,11H2,1-2H3. The zero-order valence-corrected chi connectivity index (χ0v) is 9.03. The molecule has 4 heteroatoms. The van der Waals surface area contributed by atoms with E-state index in [1.807, 2.05) is 6.92 Å². The molecular weight excluding hydrogens is 180 g/mol. The fourth-order valence-corrected chi connectivity index (χ4v) is 1.86. The zero-order valence-electron chi connectivity index (χ0n) is 9.03. The molecule has 0 radical (unpaired) electrons. The number of rotatable bonds is 3. The number of carbonyl (C=O) groups is 1. The molecule has 1 fully saturated rings. The van der Waals surface area contributed by atoms with Gasteiger partial charge in [0.25, 0.3) is 0 Å². The molecule has 2 unspecified atom stereocenters. The van der Waals surface area contributed by atoms with Crippen molar-refractivity contribution in [3.8, 4) is 0 Å². The molecule has 0 spiro atoms. The maximum atomic E-state index is 11.2. The van der Waals surface area contributed by atoms with Gasteiger partial charge in [-0.05, 0) is 26.7 Å². The highest BCUT2D eigenvalue weighted by molar-refractivity contribution is 5.71. The maximum absolute atomic E-state index is 11.2. The fourth-order valence-electron chi connectivity index (χ4n) is 1.86. The van der Waals surface area contributed by atoms with E-state index in [9.17, 15) is 4.79 Å². The van der Waals surface area contributed by atoms with Crippen LogP contribution in [0, 0.1) is 0 Å². The molecule has 1 rings (SSSR count). The van der Waals surface area contributed by atoms with Crippen molar-refractivity contribution in [2.75, 3.05) is 19.7 Å². The molecule has 2 atom stereocenters. The number of ether oxygens (including phenoxy) is 1. The second-order valence-corrected chi connectivity index (χ2v) is 3.91. The quantitative estimate of drug-likeness (QED) is 0.668. The molecule has 2 N–H and O–H groups in total. The summed E-state index contributed by atoms with van der Waals surface area (Å²) in [6, 6.07) is 0.687. The minimum absolute atomic E-state index is 0.130. The van der Waals surface area contributed by atoms with Gasteiger partial charge in [-0.2, -0.15) is 0 Å². The minimum Gasteiger partial charge on any atom is -0.465 e. The van der Waals surface area contributed by atoms with Crippen LogP contribution in [0.15, 0.2) is 0 Å². The number of esters is 1. The Balaban J connectivity index is 2.33. The van der Waals surface area contributed by atoms with Gasteiger partial charge in [0.2, 0.25) is 0 Å². The number of likely N-dealkylation sites (tertiary alicyclic amines) is 1. The van der Waals surface area contributed by atoms with E-state index < -0.39 is 0 Å². The first-order valence-electron chi connectivity index (χ1n) is 5.28. The topological polar surface area (TPSA) is 55.6 Å². The molecule has 0 saturated carbocycles. The first kappa shape index (κ1) is 11.5. The highest BCUT2D eigenvalue weighted by Crippen LogP contribution is 2.15. The Kier molecular flexibility index (Phi) is 4.35. The molecule has 4 nitrogen and oxygen atoms in total. The Labute approximate surface area is 85.4 Å². The van der Waals surface area contributed by atoms with Crippen LogP contribution in [0.4, 0.5) is 0 Å². The molecule has 1 heterocycles. The second kappa shape index (κ2) is 5.32. The summed E-state index contributed by atoms with van der Waals surface area (Å²) in [6.45, 7) is 5.70. The lowest BCUT2D eigenvalue weighted by Gasteiger charge is -2.35. The Morgan fingerprint density at radius 3 is 2.93 bits per heavy atom. The number of nitrogens with two attached hydrogens (primary N) is 1. The molecule has 1 aliphatic rings. The van der Waals surface area contributed by atoms with E-state index in [4.69, 9.17) is 10.5 Å². The summed E-state index contributed by atoms with van der Waals surface area (Å²) in [7, 11) is 0. The van der Waals surface area contributed by atoms with E-state index in [0.29, 0.717) is 25.2 Å². The van der Waals surface area contributed by atoms with Crippen molar-refractivity contribution in [1.82, 2.24) is 4.90 Å². The van der Waals surface area contributed by atoms with Gasteiger partial charge < -0.3 is 10.5 Å². The number of nitrogens with zero attached hydrogens (tertiary/aromatic N) is 1. The molecule has 0 aromatic heterocycles. The highest BCUT2D eigenvalue weighted by Gasteiger charge is 2.24. The molecule has 0 aromatic carbocycles. The largest absolute Gasteiger partial charge is 0.465 e. The third-order valence-corrected chi connectivity index (χ3v) is 2.69. The van der Waals surface area contributed by atoms with Gasteiger partial charge in [0, 0.05) is 18.6 Å². The first-order chi connectivity index (χ1) is 6.63. The van der Waals surface area contributed by atoms with Gasteiger partial charge in [0.05, 0.1) is 13.2 Å². The Morgan fingerprint density at radius 1 is 1.64 bits per heavy atom. The molecule has 1 saturated heterocycles. The van der Waals surface area contributed by atoms with Crippen LogP contribution >= 0.6 is 0 Å². The van der Waals surface area contributed by atoms with E-state index in [0.717, 1.165) is 19.4 Å². The molecule has 0 aromatic rings. The average molecular weight is 200 g/mol. The number of hydrogen-bond acceptors (Lipinski definition) is 4. The Hall–Kier alpha value is -0.610. The zero-order chi connectivity index (χ0) is 10.6. The van der Waals surface area contributed by atoms with Crippen LogP contribution in [-0.4, -0.2) is 42.6 Å². The molecular formula is C10H20N2O2. The molecule has 1 aliphatic heterocycles. The Bertz CT molecular complexity index is 197. The van der Waals surface area contributed by atoms with E-state index in [-0.39, 0.29) is 5.97 Å². The van der Waals surface area contributed by atoms with Gasteiger partial charge in [-0.1, -0.05) is 0 Å². The predicted molar refractivity (Wildman–Crippen MR) is 54.9 cm³/mol. The van der Waals surface area contributed by atoms with Crippen LogP contribution in [0.5, 0.6) is 0 Å². The van der Waals surface area contributed by atoms with Crippen molar-refractivity contribution >= 4 is 5.97 Å². The summed E-state index contributed by atoms with van der Waals surface area (Å²) in [5.41, 5.74) is 5.83. The molecule has 0 bridgehead atoms. The van der Waals surface area contributed by atoms with Crippen molar-refractivity contribution in [2.24, 2.45) is 5.73 Å². The SMILES string of the molecule is CCOC(=O)CN1CCC(N)CC1C. The van der Waals surface area contributed by atoms with Crippen molar-refractivity contribution < 1.29 is 9.53 Å². The van der Waals surface area contributed by atoms with Gasteiger partial charge in [-0.3, -0.25) is 9.69 Å². The van der Waals surface area contributed by atoms with Crippen LogP contribution in [0.2, 0.25) is 0 Å². The monoisotopic (exact) mass is 200 g/mol. The second-order valence-electron chi connectivity index (χ2n) is 3.91. The van der Waals surface area contributed by atoms with Crippen molar-refractivity contribution in [3.05, 3.63) is 0 Å². The number of hydrogen-bond donors (Lipinski definition) is 1. The lowest BCUT2D eigenvalue weighted by atomic mass is 9.99. The van der Waals surface area contributed by atoms with Crippen LogP contribution in [0.3, 0.4) is 0 Å². The smallest absolute Gasteiger partial charge is 0.320 e. The summed E-state index contributed by atoms with van der Waals surface area (Å²) < 4.78 is 4.91. The van der Waals surface area contributed by atoms with Crippen LogP contribution < -0.4 is 5.73 Å². The third-order valence-electron chi connectivity index (χ3n) is 2.69. The Morgan fingerprint density at radius 2 is 2.36 bits per heavy atom. The minimum atomic E-state index is -0.130. The average Bonchev–Trinajstić information content (AvgIpc) is 2.10. The normalized spacial score (nSPS) is 28.8. The van der Waals surface area contributed by atoms with Gasteiger partial charge in [-0.25, -0.2) is 0 Å². The number of carbonyl (C=O) groups excluding carboxylic acids is 1. The summed E-state index contributed by atoms with van der Waals surface area (Å²) in [6.07, 6.45) is 1.95. The fraction of sp³-hybridized carbons (Fsp3) is 0.900. The van der Waals surface area contributed by atoms with Gasteiger partial charge in [-0.15, -0.1) is 0 Å². The third kappa shape index (κ3) is 3.27. The van der Waals surface area contributed by atoms with Crippen LogP contribution in [0.25, 0.3) is 0 Å². The van der Waals surface area contributed by atoms with Crippen molar-refractivity contribution in [1.29, 1.82) is 0 Å². The summed E-state index contributed by atoms with van der Waals surface area (Å²) >= 11 is 0. The first-order valence-corrected chi connectivity index (χ1v) is 5.28. The summed E-state index contributed by atoms with van der Waals surface area (Å²) in [5.74, 6) is -0.130. The molecule has 0 amide bonds. The van der Waals surface area contributed by atoms with Gasteiger partial charge >= 0.3 is 5.97 Å². The maximum Gasteiger partial charge on any atom is 0.320 e. The van der Waals surface area contributed by atoms with E-state index >= 15 is 0 Å². The van der Waals surface area contributed by atoms with E-state index in [1.165, 1.54) is 0 Å². The molecule has 0 aliphatic carbocycles. The summed E-state index contributed by atoms with van der Waals surface area (Å²) in [5, 5.41) is 0. The van der Waals surface area contributed by atoms with Gasteiger partial charge in [0.1, 0.15) is 0 Å². The number of piperidine rings is 1. The highest BCUT2D eigenvalue weighted by atomic mass is 16.5. The predicted octanol–water partition coefficient (Wildman–Crippen LogP) is 0.361. The lowest BCUT2D eigenvalue weighted by molar-refractivity contribution is -0.145. The molecule has 14 heavy (non-hydrogen) atoms. The van der Waals surface area contributed by atoms with Crippen LogP contribution in [0.1, 0.15) is 26.7 Å². The summed E-state index contributed by atoms with van der Waals surface area (Å²) in [4.78, 5) is 13.4. The van der Waals surface area contributed by atoms with Crippen molar-refractivity contribution in [2.45, 2.75) is 38.8 Å². The van der Waals surface area contributed by atoms with E-state index in [1.54, 1.807) is 0 Å². The van der Waals surface area contributed by atoms with E-state index in [2.05, 4.69) is 11.8 Å². The molecule has 82 valence electrons. The van der Waals surface area contributed by atoms with Crippen LogP contribution in [-0.2, 0) is 9.53 Å². The lowest BCUT2D eigenvalue weighted by Crippen LogP contribution is -2.47. The van der Waals surface area contributed by atoms with Crippen molar-refractivity contribution in [3.63, 3.8) is 0 Å².